The van der Waals surface area contributed by atoms with Crippen LogP contribution < -0.4 is 5.73 Å². The van der Waals surface area contributed by atoms with Crippen LogP contribution in [0.1, 0.15) is 53.8 Å². The Hall–Kier alpha value is -1.84. The van der Waals surface area contributed by atoms with Crippen LogP contribution in [0.25, 0.3) is 0 Å². The first-order valence-electron chi connectivity index (χ1n) is 6.34. The van der Waals surface area contributed by atoms with Crippen LogP contribution in [-0.2, 0) is 0 Å². The zero-order valence-electron chi connectivity index (χ0n) is 10.8. The molecule has 18 heavy (non-hydrogen) atoms. The van der Waals surface area contributed by atoms with E-state index in [9.17, 15) is 9.59 Å². The van der Waals surface area contributed by atoms with Crippen LogP contribution in [0.5, 0.6) is 0 Å². The highest BCUT2D eigenvalue weighted by atomic mass is 16.2. The third-order valence-corrected chi connectivity index (χ3v) is 3.39. The van der Waals surface area contributed by atoms with Crippen LogP contribution in [0.2, 0.25) is 0 Å². The number of nitrogens with zero attached hydrogens (tertiary/aromatic N) is 1. The van der Waals surface area contributed by atoms with Crippen molar-refractivity contribution in [2.45, 2.75) is 39.2 Å². The summed E-state index contributed by atoms with van der Waals surface area (Å²) in [7, 11) is 0. The third-order valence-electron chi connectivity index (χ3n) is 3.39. The van der Waals surface area contributed by atoms with Crippen molar-refractivity contribution in [1.29, 1.82) is 0 Å². The fourth-order valence-corrected chi connectivity index (χ4v) is 2.36. The molecule has 2 rings (SSSR count). The van der Waals surface area contributed by atoms with Crippen LogP contribution in [0.15, 0.2) is 18.2 Å². The van der Waals surface area contributed by atoms with Crippen molar-refractivity contribution in [3.63, 3.8) is 0 Å². The largest absolute Gasteiger partial charge is 0.398 e. The summed E-state index contributed by atoms with van der Waals surface area (Å²) in [5.74, 6) is -0.470. The summed E-state index contributed by atoms with van der Waals surface area (Å²) in [4.78, 5) is 25.8. The molecule has 1 aromatic carbocycles. The summed E-state index contributed by atoms with van der Waals surface area (Å²) in [5.41, 5.74) is 6.97. The molecular weight excluding hydrogens is 228 g/mol. The van der Waals surface area contributed by atoms with Crippen molar-refractivity contribution in [1.82, 2.24) is 4.90 Å². The van der Waals surface area contributed by atoms with Crippen LogP contribution in [0.3, 0.4) is 0 Å². The van der Waals surface area contributed by atoms with E-state index in [4.69, 9.17) is 5.73 Å². The van der Waals surface area contributed by atoms with Gasteiger partial charge in [0.15, 0.2) is 0 Å². The zero-order valence-corrected chi connectivity index (χ0v) is 10.8. The van der Waals surface area contributed by atoms with Gasteiger partial charge in [0.25, 0.3) is 11.8 Å². The number of benzene rings is 1. The number of nitrogens with two attached hydrogens (primary N) is 1. The number of nitrogen functional groups attached to an aromatic ring is 1. The van der Waals surface area contributed by atoms with Crippen molar-refractivity contribution in [3.8, 4) is 0 Å². The molecule has 1 heterocycles. The summed E-state index contributed by atoms with van der Waals surface area (Å²) in [5, 5.41) is 0. The first kappa shape index (κ1) is 12.6. The number of amides is 2. The second kappa shape index (κ2) is 4.80. The van der Waals surface area contributed by atoms with Gasteiger partial charge in [0.1, 0.15) is 0 Å². The van der Waals surface area contributed by atoms with Crippen molar-refractivity contribution >= 4 is 17.5 Å². The Morgan fingerprint density at radius 1 is 1.28 bits per heavy atom. The van der Waals surface area contributed by atoms with Gasteiger partial charge in [-0.05, 0) is 25.5 Å². The third kappa shape index (κ3) is 1.88. The van der Waals surface area contributed by atoms with Gasteiger partial charge in [-0.1, -0.05) is 25.8 Å². The van der Waals surface area contributed by atoms with E-state index in [1.165, 1.54) is 4.90 Å². The zero-order chi connectivity index (χ0) is 13.3. The van der Waals surface area contributed by atoms with Crippen molar-refractivity contribution < 1.29 is 9.59 Å². The molecule has 0 spiro atoms. The van der Waals surface area contributed by atoms with Crippen molar-refractivity contribution in [2.75, 3.05) is 5.73 Å². The molecule has 0 saturated heterocycles. The van der Waals surface area contributed by atoms with E-state index in [0.29, 0.717) is 16.8 Å². The molecule has 1 unspecified atom stereocenters. The lowest BCUT2D eigenvalue weighted by molar-refractivity contribution is 0.0589. The van der Waals surface area contributed by atoms with Gasteiger partial charge in [-0.15, -0.1) is 0 Å². The molecule has 1 atom stereocenters. The number of unbranched alkanes of at least 4 members (excludes halogenated alkanes) is 1. The Balaban J connectivity index is 2.31. The van der Waals surface area contributed by atoms with Crippen LogP contribution in [0.4, 0.5) is 5.69 Å². The highest BCUT2D eigenvalue weighted by molar-refractivity contribution is 6.23. The molecule has 4 heteroatoms. The predicted molar refractivity (Wildman–Crippen MR) is 70.3 cm³/mol. The lowest BCUT2D eigenvalue weighted by Crippen LogP contribution is -2.38. The Labute approximate surface area is 107 Å². The Bertz CT molecular complexity index is 497. The lowest BCUT2D eigenvalue weighted by Gasteiger charge is -2.22. The molecule has 0 bridgehead atoms. The smallest absolute Gasteiger partial charge is 0.263 e. The van der Waals surface area contributed by atoms with E-state index < -0.39 is 0 Å². The van der Waals surface area contributed by atoms with Crippen molar-refractivity contribution in [3.05, 3.63) is 29.3 Å². The minimum Gasteiger partial charge on any atom is -0.398 e. The molecule has 2 N–H and O–H groups in total. The number of hydrogen-bond acceptors (Lipinski definition) is 3. The number of imide groups is 1. The predicted octanol–water partition coefficient (Wildman–Crippen LogP) is 2.44. The molecule has 1 aliphatic rings. The fourth-order valence-electron chi connectivity index (χ4n) is 2.36. The lowest BCUT2D eigenvalue weighted by atomic mass is 10.1. The summed E-state index contributed by atoms with van der Waals surface area (Å²) < 4.78 is 0. The quantitative estimate of drug-likeness (QED) is 0.655. The Kier molecular flexibility index (Phi) is 3.36. The summed E-state index contributed by atoms with van der Waals surface area (Å²) >= 11 is 0. The van der Waals surface area contributed by atoms with E-state index in [2.05, 4.69) is 6.92 Å². The number of carbonyl (C=O) groups is 2. The van der Waals surface area contributed by atoms with Gasteiger partial charge in [0.05, 0.1) is 11.1 Å². The van der Waals surface area contributed by atoms with Crippen LogP contribution >= 0.6 is 0 Å². The molecule has 0 saturated carbocycles. The maximum Gasteiger partial charge on any atom is 0.263 e. The maximum atomic E-state index is 12.3. The molecule has 2 amide bonds. The van der Waals surface area contributed by atoms with E-state index in [-0.39, 0.29) is 17.9 Å². The standard InChI is InChI=1S/C14H18N2O2/c1-3-4-6-9(2)16-13(17)10-7-5-8-11(15)12(10)14(16)18/h5,7-9H,3-4,6,15H2,1-2H3. The van der Waals surface area contributed by atoms with E-state index in [0.717, 1.165) is 19.3 Å². The van der Waals surface area contributed by atoms with Gasteiger partial charge >= 0.3 is 0 Å². The Morgan fingerprint density at radius 3 is 2.61 bits per heavy atom. The average molecular weight is 246 g/mol. The Morgan fingerprint density at radius 2 is 2.00 bits per heavy atom. The minimum atomic E-state index is -0.253. The molecule has 0 fully saturated rings. The summed E-state index contributed by atoms with van der Waals surface area (Å²) in [6.07, 6.45) is 2.89. The monoisotopic (exact) mass is 246 g/mol. The highest BCUT2D eigenvalue weighted by Gasteiger charge is 2.39. The number of hydrogen-bond donors (Lipinski definition) is 1. The van der Waals surface area contributed by atoms with Crippen LogP contribution in [0, 0.1) is 0 Å². The number of anilines is 1. The molecule has 96 valence electrons. The van der Waals surface area contributed by atoms with E-state index >= 15 is 0 Å². The molecule has 1 aliphatic heterocycles. The van der Waals surface area contributed by atoms with Crippen LogP contribution in [-0.4, -0.2) is 22.8 Å². The SMILES string of the molecule is CCCCC(C)N1C(=O)c2cccc(N)c2C1=O. The second-order valence-electron chi connectivity index (χ2n) is 4.74. The van der Waals surface area contributed by atoms with Gasteiger partial charge in [0, 0.05) is 11.7 Å². The van der Waals surface area contributed by atoms with Gasteiger partial charge in [-0.2, -0.15) is 0 Å². The minimum absolute atomic E-state index is 0.0725. The van der Waals surface area contributed by atoms with E-state index in [1.54, 1.807) is 18.2 Å². The topological polar surface area (TPSA) is 63.4 Å². The van der Waals surface area contributed by atoms with Gasteiger partial charge in [-0.3, -0.25) is 14.5 Å². The second-order valence-corrected chi connectivity index (χ2v) is 4.74. The number of carbonyl (C=O) groups excluding carboxylic acids is 2. The number of fused-ring (bicyclic) bond motifs is 1. The molecule has 0 aliphatic carbocycles. The molecule has 1 aromatic rings. The summed E-state index contributed by atoms with van der Waals surface area (Å²) in [6, 6.07) is 4.96. The molecular formula is C14H18N2O2. The van der Waals surface area contributed by atoms with Gasteiger partial charge in [0.2, 0.25) is 0 Å². The van der Waals surface area contributed by atoms with Gasteiger partial charge in [-0.25, -0.2) is 0 Å². The van der Waals surface area contributed by atoms with Gasteiger partial charge < -0.3 is 5.73 Å². The number of rotatable bonds is 4. The van der Waals surface area contributed by atoms with Crippen molar-refractivity contribution in [2.24, 2.45) is 0 Å². The normalized spacial score (nSPS) is 16.0. The molecule has 0 aromatic heterocycles. The molecule has 4 nitrogen and oxygen atoms in total. The molecule has 0 radical (unpaired) electrons. The summed E-state index contributed by atoms with van der Waals surface area (Å²) in [6.45, 7) is 4.00. The fraction of sp³-hybridized carbons (Fsp3) is 0.429. The maximum absolute atomic E-state index is 12.3. The van der Waals surface area contributed by atoms with E-state index in [1.807, 2.05) is 6.92 Å². The first-order chi connectivity index (χ1) is 8.57. The highest BCUT2D eigenvalue weighted by Crippen LogP contribution is 2.29. The average Bonchev–Trinajstić information content (AvgIpc) is 2.60. The first-order valence-corrected chi connectivity index (χ1v) is 6.34.